The van der Waals surface area contributed by atoms with E-state index in [0.717, 1.165) is 5.56 Å². The van der Waals surface area contributed by atoms with Crippen molar-refractivity contribution >= 4 is 6.09 Å². The van der Waals surface area contributed by atoms with Crippen molar-refractivity contribution in [2.24, 2.45) is 0 Å². The molecule has 1 fully saturated rings. The lowest BCUT2D eigenvalue weighted by Gasteiger charge is -2.37. The van der Waals surface area contributed by atoms with Gasteiger partial charge in [-0.2, -0.15) is 0 Å². The van der Waals surface area contributed by atoms with Gasteiger partial charge >= 0.3 is 6.09 Å². The van der Waals surface area contributed by atoms with Crippen LogP contribution in [0.1, 0.15) is 18.4 Å². The van der Waals surface area contributed by atoms with Gasteiger partial charge in [0, 0.05) is 13.1 Å². The number of carbonyl (C=O) groups is 1. The Kier molecular flexibility index (Phi) is 3.33. The lowest BCUT2D eigenvalue weighted by Crippen LogP contribution is -2.45. The van der Waals surface area contributed by atoms with Gasteiger partial charge in [-0.25, -0.2) is 4.79 Å². The first kappa shape index (κ1) is 11.9. The Morgan fingerprint density at radius 1 is 1.29 bits per heavy atom. The summed E-state index contributed by atoms with van der Waals surface area (Å²) < 4.78 is 4.67. The second kappa shape index (κ2) is 4.75. The fourth-order valence-corrected chi connectivity index (χ4v) is 2.23. The molecule has 1 saturated heterocycles. The summed E-state index contributed by atoms with van der Waals surface area (Å²) >= 11 is 0. The number of ether oxygens (including phenoxy) is 1. The van der Waals surface area contributed by atoms with E-state index < -0.39 is 5.60 Å². The SMILES string of the molecule is COC(=O)N1CCC(O)(c2ccccc2)CC1. The number of hydrogen-bond donors (Lipinski definition) is 1. The third-order valence-corrected chi connectivity index (χ3v) is 3.33. The summed E-state index contributed by atoms with van der Waals surface area (Å²) in [6, 6.07) is 9.61. The van der Waals surface area contributed by atoms with Crippen molar-refractivity contribution in [2.75, 3.05) is 20.2 Å². The standard InChI is InChI=1S/C13H17NO3/c1-17-12(15)14-9-7-13(16,8-10-14)11-5-3-2-4-6-11/h2-6,16H,7-10H2,1H3. The van der Waals surface area contributed by atoms with E-state index in [1.54, 1.807) is 4.90 Å². The Labute approximate surface area is 101 Å². The molecule has 1 aromatic rings. The predicted molar refractivity (Wildman–Crippen MR) is 63.6 cm³/mol. The van der Waals surface area contributed by atoms with Crippen LogP contribution < -0.4 is 0 Å². The summed E-state index contributed by atoms with van der Waals surface area (Å²) in [4.78, 5) is 13.0. The van der Waals surface area contributed by atoms with Crippen LogP contribution >= 0.6 is 0 Å². The van der Waals surface area contributed by atoms with Gasteiger partial charge in [0.2, 0.25) is 0 Å². The van der Waals surface area contributed by atoms with Crippen molar-refractivity contribution in [1.82, 2.24) is 4.90 Å². The molecule has 1 aliphatic rings. The second-order valence-electron chi connectivity index (χ2n) is 4.35. The third-order valence-electron chi connectivity index (χ3n) is 3.33. The number of carbonyl (C=O) groups excluding carboxylic acids is 1. The van der Waals surface area contributed by atoms with E-state index in [1.807, 2.05) is 30.3 Å². The van der Waals surface area contributed by atoms with Crippen LogP contribution in [0.15, 0.2) is 30.3 Å². The first-order valence-corrected chi connectivity index (χ1v) is 5.76. The average molecular weight is 235 g/mol. The maximum atomic E-state index is 11.3. The minimum atomic E-state index is -0.814. The van der Waals surface area contributed by atoms with Gasteiger partial charge in [0.05, 0.1) is 12.7 Å². The van der Waals surface area contributed by atoms with Crippen LogP contribution in [0.5, 0.6) is 0 Å². The largest absolute Gasteiger partial charge is 0.453 e. The van der Waals surface area contributed by atoms with Crippen molar-refractivity contribution in [2.45, 2.75) is 18.4 Å². The molecule has 0 aromatic heterocycles. The minimum Gasteiger partial charge on any atom is -0.453 e. The molecule has 2 rings (SSSR count). The molecule has 4 nitrogen and oxygen atoms in total. The zero-order chi connectivity index (χ0) is 12.3. The molecule has 4 heteroatoms. The van der Waals surface area contributed by atoms with Crippen molar-refractivity contribution in [3.8, 4) is 0 Å². The molecule has 0 saturated carbocycles. The minimum absolute atomic E-state index is 0.319. The van der Waals surface area contributed by atoms with Crippen LogP contribution in [0.3, 0.4) is 0 Å². The molecule has 1 amide bonds. The average Bonchev–Trinajstić information content (AvgIpc) is 2.40. The summed E-state index contributed by atoms with van der Waals surface area (Å²) in [5, 5.41) is 10.5. The van der Waals surface area contributed by atoms with E-state index in [0.29, 0.717) is 25.9 Å². The molecule has 92 valence electrons. The van der Waals surface area contributed by atoms with E-state index >= 15 is 0 Å². The molecule has 17 heavy (non-hydrogen) atoms. The van der Waals surface area contributed by atoms with Crippen molar-refractivity contribution in [3.63, 3.8) is 0 Å². The summed E-state index contributed by atoms with van der Waals surface area (Å²) in [7, 11) is 1.38. The molecule has 0 spiro atoms. The van der Waals surface area contributed by atoms with E-state index in [-0.39, 0.29) is 6.09 Å². The van der Waals surface area contributed by atoms with Gasteiger partial charge in [-0.1, -0.05) is 30.3 Å². The van der Waals surface area contributed by atoms with Crippen molar-refractivity contribution < 1.29 is 14.6 Å². The normalized spacial score (nSPS) is 18.8. The molecule has 1 N–H and O–H groups in total. The van der Waals surface area contributed by atoms with Gasteiger partial charge in [-0.3, -0.25) is 0 Å². The monoisotopic (exact) mass is 235 g/mol. The quantitative estimate of drug-likeness (QED) is 0.806. The molecular formula is C13H17NO3. The van der Waals surface area contributed by atoms with Crippen LogP contribution in [0.25, 0.3) is 0 Å². The van der Waals surface area contributed by atoms with Gasteiger partial charge in [0.1, 0.15) is 0 Å². The number of rotatable bonds is 1. The van der Waals surface area contributed by atoms with Crippen LogP contribution in [0, 0.1) is 0 Å². The maximum Gasteiger partial charge on any atom is 0.409 e. The zero-order valence-electron chi connectivity index (χ0n) is 9.93. The Balaban J connectivity index is 2.05. The van der Waals surface area contributed by atoms with E-state index in [4.69, 9.17) is 0 Å². The van der Waals surface area contributed by atoms with Gasteiger partial charge in [0.25, 0.3) is 0 Å². The molecular weight excluding hydrogens is 218 g/mol. The highest BCUT2D eigenvalue weighted by molar-refractivity contribution is 5.67. The van der Waals surface area contributed by atoms with Gasteiger partial charge in [-0.05, 0) is 18.4 Å². The molecule has 0 aliphatic carbocycles. The Hall–Kier alpha value is -1.55. The Morgan fingerprint density at radius 2 is 1.88 bits per heavy atom. The highest BCUT2D eigenvalue weighted by Crippen LogP contribution is 2.32. The third kappa shape index (κ3) is 2.42. The van der Waals surface area contributed by atoms with Crippen molar-refractivity contribution in [3.05, 3.63) is 35.9 Å². The number of benzene rings is 1. The summed E-state index contributed by atoms with van der Waals surface area (Å²) in [6.45, 7) is 1.05. The van der Waals surface area contributed by atoms with Crippen molar-refractivity contribution in [1.29, 1.82) is 0 Å². The summed E-state index contributed by atoms with van der Waals surface area (Å²) in [6.07, 6.45) is 0.776. The second-order valence-corrected chi connectivity index (χ2v) is 4.35. The fourth-order valence-electron chi connectivity index (χ4n) is 2.23. The summed E-state index contributed by atoms with van der Waals surface area (Å²) in [5.41, 5.74) is 0.107. The number of nitrogens with zero attached hydrogens (tertiary/aromatic N) is 1. The molecule has 0 bridgehead atoms. The highest BCUT2D eigenvalue weighted by Gasteiger charge is 2.35. The maximum absolute atomic E-state index is 11.3. The number of aliphatic hydroxyl groups is 1. The molecule has 0 radical (unpaired) electrons. The Bertz CT molecular complexity index is 383. The van der Waals surface area contributed by atoms with Crippen LogP contribution in [0.4, 0.5) is 4.79 Å². The number of methoxy groups -OCH3 is 1. The van der Waals surface area contributed by atoms with Crippen LogP contribution in [-0.2, 0) is 10.3 Å². The number of piperidine rings is 1. The topological polar surface area (TPSA) is 49.8 Å². The molecule has 1 aromatic carbocycles. The predicted octanol–water partition coefficient (Wildman–Crippen LogP) is 1.74. The Morgan fingerprint density at radius 3 is 2.41 bits per heavy atom. The van der Waals surface area contributed by atoms with Gasteiger partial charge in [0.15, 0.2) is 0 Å². The molecule has 0 unspecified atom stereocenters. The highest BCUT2D eigenvalue weighted by atomic mass is 16.5. The van der Waals surface area contributed by atoms with E-state index in [1.165, 1.54) is 7.11 Å². The summed E-state index contributed by atoms with van der Waals surface area (Å²) in [5.74, 6) is 0. The van der Waals surface area contributed by atoms with Crippen LogP contribution in [-0.4, -0.2) is 36.3 Å². The van der Waals surface area contributed by atoms with E-state index in [9.17, 15) is 9.90 Å². The smallest absolute Gasteiger partial charge is 0.409 e. The lowest BCUT2D eigenvalue weighted by molar-refractivity contribution is -0.0230. The molecule has 1 heterocycles. The zero-order valence-corrected chi connectivity index (χ0v) is 9.93. The number of likely N-dealkylation sites (tertiary alicyclic amines) is 1. The first-order chi connectivity index (χ1) is 8.15. The van der Waals surface area contributed by atoms with Crippen LogP contribution in [0.2, 0.25) is 0 Å². The fraction of sp³-hybridized carbons (Fsp3) is 0.462. The molecule has 1 aliphatic heterocycles. The van der Waals surface area contributed by atoms with E-state index in [2.05, 4.69) is 4.74 Å². The van der Waals surface area contributed by atoms with Gasteiger partial charge < -0.3 is 14.7 Å². The lowest BCUT2D eigenvalue weighted by atomic mass is 9.84. The molecule has 0 atom stereocenters. The van der Waals surface area contributed by atoms with Gasteiger partial charge in [-0.15, -0.1) is 0 Å². The number of hydrogen-bond acceptors (Lipinski definition) is 3. The number of amides is 1. The first-order valence-electron chi connectivity index (χ1n) is 5.76.